The molecule has 6 nitrogen and oxygen atoms in total. The first-order valence-corrected chi connectivity index (χ1v) is 8.82. The van der Waals surface area contributed by atoms with E-state index in [1.807, 2.05) is 0 Å². The fraction of sp³-hybridized carbons (Fsp3) is 0.312. The van der Waals surface area contributed by atoms with E-state index in [9.17, 15) is 9.59 Å². The van der Waals surface area contributed by atoms with E-state index >= 15 is 0 Å². The second kappa shape index (κ2) is 9.15. The maximum absolute atomic E-state index is 12.1. The standard InChI is InChI=1S/C16H16Cl2N2O4S/c1-20(6-10-3-4-11(17)12(18)5-10)15(21)8-24-16(22)13-9-25-14(19-13)7-23-2/h3-5,9H,6-8H2,1-2H3. The van der Waals surface area contributed by atoms with Crippen LogP contribution in [0.15, 0.2) is 23.6 Å². The molecular formula is C16H16Cl2N2O4S. The van der Waals surface area contributed by atoms with Gasteiger partial charge in [-0.1, -0.05) is 29.3 Å². The molecule has 134 valence electrons. The topological polar surface area (TPSA) is 68.7 Å². The van der Waals surface area contributed by atoms with E-state index in [1.165, 1.54) is 16.2 Å². The molecule has 0 atom stereocenters. The second-order valence-electron chi connectivity index (χ2n) is 5.13. The first-order chi connectivity index (χ1) is 11.9. The largest absolute Gasteiger partial charge is 0.451 e. The molecule has 0 fully saturated rings. The van der Waals surface area contributed by atoms with Gasteiger partial charge in [0, 0.05) is 26.1 Å². The number of carbonyl (C=O) groups excluding carboxylic acids is 2. The van der Waals surface area contributed by atoms with Crippen LogP contribution < -0.4 is 0 Å². The molecule has 0 saturated heterocycles. The maximum atomic E-state index is 12.1. The summed E-state index contributed by atoms with van der Waals surface area (Å²) in [5.41, 5.74) is 0.984. The summed E-state index contributed by atoms with van der Waals surface area (Å²) in [6.07, 6.45) is 0. The van der Waals surface area contributed by atoms with Crippen LogP contribution in [0.5, 0.6) is 0 Å². The Bertz CT molecular complexity index is 766. The molecule has 0 N–H and O–H groups in total. The number of ether oxygens (including phenoxy) is 2. The summed E-state index contributed by atoms with van der Waals surface area (Å²) >= 11 is 13.1. The number of benzene rings is 1. The molecule has 0 bridgehead atoms. The number of hydrogen-bond acceptors (Lipinski definition) is 6. The van der Waals surface area contributed by atoms with Crippen molar-refractivity contribution in [2.45, 2.75) is 13.2 Å². The molecule has 25 heavy (non-hydrogen) atoms. The highest BCUT2D eigenvalue weighted by Crippen LogP contribution is 2.23. The normalized spacial score (nSPS) is 10.6. The number of likely N-dealkylation sites (N-methyl/N-ethyl adjacent to an activating group) is 1. The van der Waals surface area contributed by atoms with Crippen molar-refractivity contribution >= 4 is 46.4 Å². The molecule has 9 heteroatoms. The van der Waals surface area contributed by atoms with Crippen LogP contribution in [0.4, 0.5) is 0 Å². The van der Waals surface area contributed by atoms with Crippen LogP contribution in [-0.4, -0.2) is 42.5 Å². The summed E-state index contributed by atoms with van der Waals surface area (Å²) in [6.45, 7) is 0.277. The van der Waals surface area contributed by atoms with Gasteiger partial charge < -0.3 is 14.4 Å². The lowest BCUT2D eigenvalue weighted by Crippen LogP contribution is -2.30. The fourth-order valence-corrected chi connectivity index (χ4v) is 2.96. The number of carbonyl (C=O) groups is 2. The first-order valence-electron chi connectivity index (χ1n) is 7.19. The predicted molar refractivity (Wildman–Crippen MR) is 96.0 cm³/mol. The summed E-state index contributed by atoms with van der Waals surface area (Å²) in [5.74, 6) is -0.985. The van der Waals surface area contributed by atoms with Crippen LogP contribution in [0.3, 0.4) is 0 Å². The molecule has 2 rings (SSSR count). The van der Waals surface area contributed by atoms with Crippen LogP contribution in [-0.2, 0) is 27.4 Å². The van der Waals surface area contributed by atoms with Gasteiger partial charge in [-0.3, -0.25) is 4.79 Å². The Hall–Kier alpha value is -1.67. The predicted octanol–water partition coefficient (Wildman–Crippen LogP) is 3.41. The fourth-order valence-electron chi connectivity index (χ4n) is 1.91. The van der Waals surface area contributed by atoms with E-state index in [0.29, 0.717) is 28.2 Å². The molecule has 0 saturated carbocycles. The second-order valence-corrected chi connectivity index (χ2v) is 6.89. The van der Waals surface area contributed by atoms with Crippen LogP contribution >= 0.6 is 34.5 Å². The average molecular weight is 403 g/mol. The molecule has 1 heterocycles. The van der Waals surface area contributed by atoms with Gasteiger partial charge in [0.15, 0.2) is 12.3 Å². The van der Waals surface area contributed by atoms with Gasteiger partial charge in [0.25, 0.3) is 5.91 Å². The molecule has 2 aromatic rings. The Morgan fingerprint density at radius 3 is 2.72 bits per heavy atom. The minimum Gasteiger partial charge on any atom is -0.451 e. The van der Waals surface area contributed by atoms with Gasteiger partial charge in [-0.15, -0.1) is 11.3 Å². The SMILES string of the molecule is COCc1nc(C(=O)OCC(=O)N(C)Cc2ccc(Cl)c(Cl)c2)cs1. The highest BCUT2D eigenvalue weighted by atomic mass is 35.5. The third kappa shape index (κ3) is 5.67. The van der Waals surface area contributed by atoms with Crippen molar-refractivity contribution in [2.75, 3.05) is 20.8 Å². The lowest BCUT2D eigenvalue weighted by Gasteiger charge is -2.17. The van der Waals surface area contributed by atoms with Gasteiger partial charge in [0.05, 0.1) is 16.7 Å². The third-order valence-electron chi connectivity index (χ3n) is 3.18. The smallest absolute Gasteiger partial charge is 0.358 e. The molecule has 0 aliphatic carbocycles. The van der Waals surface area contributed by atoms with Crippen molar-refractivity contribution in [3.63, 3.8) is 0 Å². The van der Waals surface area contributed by atoms with E-state index in [2.05, 4.69) is 4.98 Å². The number of aromatic nitrogens is 1. The number of amides is 1. The molecule has 0 spiro atoms. The van der Waals surface area contributed by atoms with Crippen LogP contribution in [0.2, 0.25) is 10.0 Å². The van der Waals surface area contributed by atoms with Gasteiger partial charge in [0.2, 0.25) is 0 Å². The van der Waals surface area contributed by atoms with Crippen molar-refractivity contribution < 1.29 is 19.1 Å². The van der Waals surface area contributed by atoms with Crippen LogP contribution in [0.1, 0.15) is 21.1 Å². The Morgan fingerprint density at radius 2 is 2.04 bits per heavy atom. The third-order valence-corrected chi connectivity index (χ3v) is 4.75. The molecule has 0 aliphatic heterocycles. The maximum Gasteiger partial charge on any atom is 0.358 e. The van der Waals surface area contributed by atoms with Crippen LogP contribution in [0.25, 0.3) is 0 Å². The lowest BCUT2D eigenvalue weighted by atomic mass is 10.2. The van der Waals surface area contributed by atoms with E-state index in [1.54, 1.807) is 37.7 Å². The Morgan fingerprint density at radius 1 is 1.28 bits per heavy atom. The molecule has 1 aromatic carbocycles. The van der Waals surface area contributed by atoms with E-state index in [0.717, 1.165) is 5.56 Å². The Labute approximate surface area is 159 Å². The number of rotatable bonds is 7. The number of thiazole rings is 1. The van der Waals surface area contributed by atoms with Gasteiger partial charge >= 0.3 is 5.97 Å². The molecule has 0 aliphatic rings. The minimum absolute atomic E-state index is 0.164. The van der Waals surface area contributed by atoms with Gasteiger partial charge in [-0.2, -0.15) is 0 Å². The average Bonchev–Trinajstić information content (AvgIpc) is 3.04. The Kier molecular flexibility index (Phi) is 7.19. The zero-order valence-corrected chi connectivity index (χ0v) is 16.0. The summed E-state index contributed by atoms with van der Waals surface area (Å²) in [5, 5.41) is 3.10. The monoisotopic (exact) mass is 402 g/mol. The summed E-state index contributed by atoms with van der Waals surface area (Å²) in [7, 11) is 3.15. The lowest BCUT2D eigenvalue weighted by molar-refractivity contribution is -0.133. The van der Waals surface area contributed by atoms with Crippen molar-refractivity contribution in [3.8, 4) is 0 Å². The Balaban J connectivity index is 1.85. The highest BCUT2D eigenvalue weighted by molar-refractivity contribution is 7.09. The molecular weight excluding hydrogens is 387 g/mol. The molecule has 0 radical (unpaired) electrons. The zero-order valence-electron chi connectivity index (χ0n) is 13.6. The highest BCUT2D eigenvalue weighted by Gasteiger charge is 2.16. The first kappa shape index (κ1) is 19.7. The summed E-state index contributed by atoms with van der Waals surface area (Å²) in [4.78, 5) is 29.5. The van der Waals surface area contributed by atoms with Gasteiger partial charge in [0.1, 0.15) is 5.01 Å². The van der Waals surface area contributed by atoms with Crippen molar-refractivity contribution in [2.24, 2.45) is 0 Å². The van der Waals surface area contributed by atoms with Crippen LogP contribution in [0, 0.1) is 0 Å². The summed E-state index contributed by atoms with van der Waals surface area (Å²) in [6, 6.07) is 5.13. The van der Waals surface area contributed by atoms with E-state index in [4.69, 9.17) is 32.7 Å². The number of nitrogens with zero attached hydrogens (tertiary/aromatic N) is 2. The zero-order chi connectivity index (χ0) is 18.4. The molecule has 1 aromatic heterocycles. The van der Waals surface area contributed by atoms with Crippen molar-refractivity contribution in [3.05, 3.63) is 49.9 Å². The number of methoxy groups -OCH3 is 1. The van der Waals surface area contributed by atoms with E-state index in [-0.39, 0.29) is 18.2 Å². The molecule has 1 amide bonds. The van der Waals surface area contributed by atoms with Gasteiger partial charge in [-0.05, 0) is 17.7 Å². The van der Waals surface area contributed by atoms with E-state index < -0.39 is 5.97 Å². The summed E-state index contributed by atoms with van der Waals surface area (Å²) < 4.78 is 9.95. The molecule has 0 unspecified atom stereocenters. The van der Waals surface area contributed by atoms with Gasteiger partial charge in [-0.25, -0.2) is 9.78 Å². The number of halogens is 2. The number of hydrogen-bond donors (Lipinski definition) is 0. The van der Waals surface area contributed by atoms with Crippen molar-refractivity contribution in [1.29, 1.82) is 0 Å². The quantitative estimate of drug-likeness (QED) is 0.663. The number of esters is 1. The minimum atomic E-state index is -0.644. The van der Waals surface area contributed by atoms with Crippen molar-refractivity contribution in [1.82, 2.24) is 9.88 Å².